The third kappa shape index (κ3) is 4.87. The van der Waals surface area contributed by atoms with E-state index in [-0.39, 0.29) is 12.1 Å². The number of nitrogens with zero attached hydrogens (tertiary/aromatic N) is 3. The van der Waals surface area contributed by atoms with Crippen molar-refractivity contribution in [3.63, 3.8) is 0 Å². The molecule has 0 bridgehead atoms. The Morgan fingerprint density at radius 1 is 1.18 bits per heavy atom. The minimum atomic E-state index is -0.686. The molecule has 2 atom stereocenters. The molecule has 1 aromatic heterocycles. The Morgan fingerprint density at radius 3 is 2.39 bits per heavy atom. The molecule has 0 radical (unpaired) electrons. The van der Waals surface area contributed by atoms with Gasteiger partial charge in [-0.2, -0.15) is 0 Å². The fraction of sp³-hybridized carbons (Fsp3) is 0.500. The molecule has 2 heterocycles. The lowest BCUT2D eigenvalue weighted by molar-refractivity contribution is -0.163. The smallest absolute Gasteiger partial charge is 0.340 e. The number of carbonyl (C=O) groups is 1. The Kier molecular flexibility index (Phi) is 6.98. The first-order valence-electron chi connectivity index (χ1n) is 9.96. The van der Waals surface area contributed by atoms with Crippen molar-refractivity contribution in [3.8, 4) is 0 Å². The van der Waals surface area contributed by atoms with Crippen molar-refractivity contribution in [1.29, 1.82) is 0 Å². The van der Waals surface area contributed by atoms with Crippen LogP contribution < -0.4 is 4.90 Å². The zero-order valence-corrected chi connectivity index (χ0v) is 16.9. The molecular formula is C22H29N3O3. The Hall–Kier alpha value is -2.47. The molecule has 1 saturated heterocycles. The van der Waals surface area contributed by atoms with Gasteiger partial charge < -0.3 is 14.4 Å². The van der Waals surface area contributed by atoms with Gasteiger partial charge in [-0.25, -0.2) is 14.8 Å². The van der Waals surface area contributed by atoms with Crippen molar-refractivity contribution in [2.75, 3.05) is 25.1 Å². The molecule has 6 heteroatoms. The van der Waals surface area contributed by atoms with E-state index in [9.17, 15) is 4.79 Å². The maximum Gasteiger partial charge on any atom is 0.340 e. The van der Waals surface area contributed by atoms with Gasteiger partial charge in [-0.3, -0.25) is 0 Å². The highest BCUT2D eigenvalue weighted by atomic mass is 16.6. The summed E-state index contributed by atoms with van der Waals surface area (Å²) in [7, 11) is 1.53. The molecule has 1 aliphatic rings. The SMILES string of the molecule is CCc1cnc(N2CCC([C@H](C)OC(=O)[C@H](OC)c3ccccc3)CC2)nc1. The number of aromatic nitrogens is 2. The summed E-state index contributed by atoms with van der Waals surface area (Å²) >= 11 is 0. The van der Waals surface area contributed by atoms with Crippen LogP contribution in [0.25, 0.3) is 0 Å². The summed E-state index contributed by atoms with van der Waals surface area (Å²) in [6.07, 6.45) is 5.78. The van der Waals surface area contributed by atoms with Gasteiger partial charge in [-0.1, -0.05) is 37.3 Å². The number of piperidine rings is 1. The lowest BCUT2D eigenvalue weighted by Gasteiger charge is -2.34. The van der Waals surface area contributed by atoms with Crippen LogP contribution in [0.1, 0.15) is 43.9 Å². The second-order valence-electron chi connectivity index (χ2n) is 7.24. The largest absolute Gasteiger partial charge is 0.460 e. The fourth-order valence-corrected chi connectivity index (χ4v) is 3.60. The molecule has 150 valence electrons. The van der Waals surface area contributed by atoms with E-state index in [1.165, 1.54) is 7.11 Å². The summed E-state index contributed by atoms with van der Waals surface area (Å²) < 4.78 is 11.1. The van der Waals surface area contributed by atoms with Gasteiger partial charge in [0.05, 0.1) is 0 Å². The van der Waals surface area contributed by atoms with Crippen molar-refractivity contribution in [1.82, 2.24) is 9.97 Å². The molecule has 0 amide bonds. The number of methoxy groups -OCH3 is 1. The first kappa shape index (κ1) is 20.3. The van der Waals surface area contributed by atoms with Crippen molar-refractivity contribution < 1.29 is 14.3 Å². The zero-order chi connectivity index (χ0) is 19.9. The number of carbonyl (C=O) groups excluding carboxylic acids is 1. The third-order valence-electron chi connectivity index (χ3n) is 5.44. The van der Waals surface area contributed by atoms with Crippen LogP contribution in [0.4, 0.5) is 5.95 Å². The molecule has 28 heavy (non-hydrogen) atoms. The van der Waals surface area contributed by atoms with E-state index < -0.39 is 6.10 Å². The van der Waals surface area contributed by atoms with Gasteiger partial charge in [0, 0.05) is 32.6 Å². The number of anilines is 1. The lowest BCUT2D eigenvalue weighted by Crippen LogP contribution is -2.39. The number of hydrogen-bond acceptors (Lipinski definition) is 6. The summed E-state index contributed by atoms with van der Waals surface area (Å²) in [4.78, 5) is 23.7. The predicted molar refractivity (Wildman–Crippen MR) is 108 cm³/mol. The van der Waals surface area contributed by atoms with Gasteiger partial charge >= 0.3 is 5.97 Å². The molecule has 0 saturated carbocycles. The molecule has 0 aliphatic carbocycles. The van der Waals surface area contributed by atoms with Crippen LogP contribution in [-0.2, 0) is 20.7 Å². The van der Waals surface area contributed by atoms with E-state index in [0.29, 0.717) is 5.92 Å². The first-order valence-corrected chi connectivity index (χ1v) is 9.96. The number of benzene rings is 1. The first-order chi connectivity index (χ1) is 13.6. The molecule has 3 rings (SSSR count). The minimum Gasteiger partial charge on any atom is -0.460 e. The van der Waals surface area contributed by atoms with Gasteiger partial charge in [-0.05, 0) is 43.2 Å². The molecule has 0 unspecified atom stereocenters. The van der Waals surface area contributed by atoms with E-state index >= 15 is 0 Å². The van der Waals surface area contributed by atoms with Gasteiger partial charge in [0.25, 0.3) is 0 Å². The van der Waals surface area contributed by atoms with Gasteiger partial charge in [0.15, 0.2) is 6.10 Å². The predicted octanol–water partition coefficient (Wildman–Crippen LogP) is 3.57. The number of aryl methyl sites for hydroxylation is 1. The standard InChI is InChI=1S/C22H29N3O3/c1-4-17-14-23-22(24-15-17)25-12-10-18(11-13-25)16(2)28-21(26)20(27-3)19-8-6-5-7-9-19/h5-9,14-16,18,20H,4,10-13H2,1-3H3/t16-,20+/m0/s1. The Morgan fingerprint density at radius 2 is 1.82 bits per heavy atom. The third-order valence-corrected chi connectivity index (χ3v) is 5.44. The van der Waals surface area contributed by atoms with Gasteiger partial charge in [0.1, 0.15) is 6.10 Å². The van der Waals surface area contributed by atoms with Crippen LogP contribution in [0.3, 0.4) is 0 Å². The Bertz CT molecular complexity index is 743. The number of rotatable bonds is 7. The Labute approximate surface area is 166 Å². The highest BCUT2D eigenvalue weighted by Gasteiger charge is 2.30. The molecule has 0 spiro atoms. The van der Waals surface area contributed by atoms with Crippen LogP contribution in [0.5, 0.6) is 0 Å². The Balaban J connectivity index is 1.53. The summed E-state index contributed by atoms with van der Waals surface area (Å²) in [5.41, 5.74) is 1.95. The number of esters is 1. The monoisotopic (exact) mass is 383 g/mol. The van der Waals surface area contributed by atoms with E-state index in [4.69, 9.17) is 9.47 Å². The van der Waals surface area contributed by atoms with E-state index in [1.807, 2.05) is 49.6 Å². The topological polar surface area (TPSA) is 64.6 Å². The average Bonchev–Trinajstić information content (AvgIpc) is 2.75. The van der Waals surface area contributed by atoms with E-state index in [0.717, 1.165) is 49.4 Å². The lowest BCUT2D eigenvalue weighted by atomic mass is 9.92. The average molecular weight is 383 g/mol. The second-order valence-corrected chi connectivity index (χ2v) is 7.24. The quantitative estimate of drug-likeness (QED) is 0.681. The molecule has 1 aromatic carbocycles. The number of ether oxygens (including phenoxy) is 2. The van der Waals surface area contributed by atoms with Gasteiger partial charge in [0.2, 0.25) is 5.95 Å². The van der Waals surface area contributed by atoms with Crippen molar-refractivity contribution >= 4 is 11.9 Å². The van der Waals surface area contributed by atoms with Crippen molar-refractivity contribution in [2.45, 2.75) is 45.3 Å². The minimum absolute atomic E-state index is 0.153. The second kappa shape index (κ2) is 9.64. The normalized spacial score (nSPS) is 17.2. The molecule has 1 fully saturated rings. The van der Waals surface area contributed by atoms with Crippen molar-refractivity contribution in [3.05, 3.63) is 53.9 Å². The molecule has 0 N–H and O–H groups in total. The molecule has 2 aromatic rings. The fourth-order valence-electron chi connectivity index (χ4n) is 3.60. The van der Waals surface area contributed by atoms with Crippen LogP contribution in [0.15, 0.2) is 42.7 Å². The number of hydrogen-bond donors (Lipinski definition) is 0. The highest BCUT2D eigenvalue weighted by Crippen LogP contribution is 2.27. The van der Waals surface area contributed by atoms with Crippen LogP contribution in [-0.4, -0.2) is 42.2 Å². The maximum atomic E-state index is 12.6. The summed E-state index contributed by atoms with van der Waals surface area (Å²) in [6.45, 7) is 5.80. The van der Waals surface area contributed by atoms with E-state index in [1.54, 1.807) is 0 Å². The summed E-state index contributed by atoms with van der Waals surface area (Å²) in [5, 5.41) is 0. The summed E-state index contributed by atoms with van der Waals surface area (Å²) in [6, 6.07) is 9.45. The zero-order valence-electron chi connectivity index (χ0n) is 16.9. The molecule has 6 nitrogen and oxygen atoms in total. The van der Waals surface area contributed by atoms with Crippen LogP contribution in [0.2, 0.25) is 0 Å². The van der Waals surface area contributed by atoms with Crippen LogP contribution in [0, 0.1) is 5.92 Å². The van der Waals surface area contributed by atoms with Gasteiger partial charge in [-0.15, -0.1) is 0 Å². The summed E-state index contributed by atoms with van der Waals surface area (Å²) in [5.74, 6) is 0.773. The molecule has 1 aliphatic heterocycles. The van der Waals surface area contributed by atoms with E-state index in [2.05, 4.69) is 21.8 Å². The van der Waals surface area contributed by atoms with Crippen LogP contribution >= 0.6 is 0 Å². The maximum absolute atomic E-state index is 12.6. The van der Waals surface area contributed by atoms with Crippen molar-refractivity contribution in [2.24, 2.45) is 5.92 Å². The molecular weight excluding hydrogens is 354 g/mol. The highest BCUT2D eigenvalue weighted by molar-refractivity contribution is 5.76.